The van der Waals surface area contributed by atoms with Gasteiger partial charge in [0.05, 0.1) is 5.92 Å². The molecule has 1 aliphatic heterocycles. The quantitative estimate of drug-likeness (QED) is 0.687. The van der Waals surface area contributed by atoms with E-state index in [2.05, 4.69) is 32.0 Å². The zero-order valence-corrected chi connectivity index (χ0v) is 17.4. The molecule has 3 nitrogen and oxygen atoms in total. The van der Waals surface area contributed by atoms with Gasteiger partial charge in [0.15, 0.2) is 0 Å². The number of nitrogens with zero attached hydrogens (tertiary/aromatic N) is 1. The van der Waals surface area contributed by atoms with Crippen LogP contribution >= 0.6 is 0 Å². The summed E-state index contributed by atoms with van der Waals surface area (Å²) in [5.74, 6) is 2.75. The molecule has 5 aliphatic rings. The van der Waals surface area contributed by atoms with Gasteiger partial charge >= 0.3 is 0 Å². The van der Waals surface area contributed by atoms with Crippen molar-refractivity contribution in [1.29, 1.82) is 0 Å². The summed E-state index contributed by atoms with van der Waals surface area (Å²) in [5, 5.41) is 0. The molecule has 3 heteroatoms. The largest absolute Gasteiger partial charge is 0.282 e. The smallest absolute Gasteiger partial charge is 0.233 e. The van der Waals surface area contributed by atoms with Gasteiger partial charge in [-0.25, -0.2) is 0 Å². The van der Waals surface area contributed by atoms with E-state index in [9.17, 15) is 9.59 Å². The number of aryl methyl sites for hydroxylation is 2. The van der Waals surface area contributed by atoms with E-state index in [1.54, 1.807) is 4.90 Å². The van der Waals surface area contributed by atoms with Crippen LogP contribution in [0.5, 0.6) is 0 Å². The Morgan fingerprint density at radius 2 is 1.50 bits per heavy atom. The van der Waals surface area contributed by atoms with Gasteiger partial charge in [-0.3, -0.25) is 14.5 Å². The Morgan fingerprint density at radius 1 is 0.929 bits per heavy atom. The Bertz CT molecular complexity index is 755. The number of benzene rings is 1. The molecule has 1 saturated heterocycles. The first-order valence-corrected chi connectivity index (χ1v) is 11.3. The molecule has 0 N–H and O–H groups in total. The molecule has 4 bridgehead atoms. The molecule has 4 saturated carbocycles. The number of hydrogen-bond donors (Lipinski definition) is 0. The molecule has 1 atom stereocenters. The van der Waals surface area contributed by atoms with E-state index in [-0.39, 0.29) is 17.7 Å². The summed E-state index contributed by atoms with van der Waals surface area (Å²) in [5.41, 5.74) is 4.07. The average molecular weight is 380 g/mol. The van der Waals surface area contributed by atoms with Gasteiger partial charge in [0.2, 0.25) is 11.8 Å². The van der Waals surface area contributed by atoms with Crippen molar-refractivity contribution >= 4 is 11.8 Å². The maximum atomic E-state index is 13.0. The van der Waals surface area contributed by atoms with E-state index in [1.807, 2.05) is 0 Å². The number of rotatable bonds is 5. The number of carbonyl (C=O) groups is 2. The Labute approximate surface area is 168 Å². The fraction of sp³-hybridized carbons (Fsp3) is 0.680. The van der Waals surface area contributed by atoms with Crippen molar-refractivity contribution in [2.75, 3.05) is 6.54 Å². The van der Waals surface area contributed by atoms with Crippen LogP contribution < -0.4 is 0 Å². The van der Waals surface area contributed by atoms with Crippen molar-refractivity contribution < 1.29 is 9.59 Å². The Balaban J connectivity index is 1.24. The number of hydrogen-bond acceptors (Lipinski definition) is 2. The summed E-state index contributed by atoms with van der Waals surface area (Å²) in [7, 11) is 0. The van der Waals surface area contributed by atoms with Gasteiger partial charge in [-0.1, -0.05) is 29.3 Å². The van der Waals surface area contributed by atoms with Crippen molar-refractivity contribution in [3.8, 4) is 0 Å². The highest BCUT2D eigenvalue weighted by atomic mass is 16.2. The van der Waals surface area contributed by atoms with Crippen molar-refractivity contribution in [3.63, 3.8) is 0 Å². The summed E-state index contributed by atoms with van der Waals surface area (Å²) in [6.45, 7) is 4.85. The highest BCUT2D eigenvalue weighted by Crippen LogP contribution is 2.61. The van der Waals surface area contributed by atoms with Gasteiger partial charge in [-0.05, 0) is 93.9 Å². The van der Waals surface area contributed by atoms with Crippen LogP contribution in [0.4, 0.5) is 0 Å². The summed E-state index contributed by atoms with van der Waals surface area (Å²) in [6.07, 6.45) is 10.5. The molecule has 6 rings (SSSR count). The zero-order chi connectivity index (χ0) is 19.5. The Hall–Kier alpha value is -1.64. The van der Waals surface area contributed by atoms with Crippen LogP contribution in [-0.4, -0.2) is 23.3 Å². The van der Waals surface area contributed by atoms with E-state index in [0.29, 0.717) is 24.8 Å². The zero-order valence-electron chi connectivity index (χ0n) is 17.4. The molecule has 0 radical (unpaired) electrons. The van der Waals surface area contributed by atoms with Gasteiger partial charge in [0, 0.05) is 13.0 Å². The lowest BCUT2D eigenvalue weighted by Gasteiger charge is -2.57. The average Bonchev–Trinajstić information content (AvgIpc) is 2.84. The van der Waals surface area contributed by atoms with Crippen molar-refractivity contribution in [2.24, 2.45) is 29.1 Å². The Kier molecular flexibility index (Phi) is 4.41. The molecule has 28 heavy (non-hydrogen) atoms. The van der Waals surface area contributed by atoms with Crippen LogP contribution in [0.15, 0.2) is 18.2 Å². The molecule has 4 aliphatic carbocycles. The summed E-state index contributed by atoms with van der Waals surface area (Å²) in [6, 6.07) is 6.47. The van der Waals surface area contributed by atoms with Crippen molar-refractivity contribution in [1.82, 2.24) is 4.90 Å². The maximum Gasteiger partial charge on any atom is 0.233 e. The highest BCUT2D eigenvalue weighted by Gasteiger charge is 2.51. The second-order valence-electron chi connectivity index (χ2n) is 10.7. The van der Waals surface area contributed by atoms with Gasteiger partial charge in [-0.15, -0.1) is 0 Å². The molecular formula is C25H33NO2. The molecule has 1 heterocycles. The highest BCUT2D eigenvalue weighted by molar-refractivity contribution is 6.03. The number of amides is 2. The molecular weight excluding hydrogens is 346 g/mol. The second-order valence-corrected chi connectivity index (χ2v) is 10.7. The van der Waals surface area contributed by atoms with Gasteiger partial charge in [0.1, 0.15) is 0 Å². The second kappa shape index (κ2) is 6.71. The van der Waals surface area contributed by atoms with Crippen LogP contribution in [0, 0.1) is 42.9 Å². The summed E-state index contributed by atoms with van der Waals surface area (Å²) in [4.78, 5) is 27.3. The molecule has 0 aromatic heterocycles. The third-order valence-electron chi connectivity index (χ3n) is 8.13. The molecule has 5 fully saturated rings. The molecule has 1 aromatic carbocycles. The maximum absolute atomic E-state index is 13.0. The van der Waals surface area contributed by atoms with Gasteiger partial charge < -0.3 is 0 Å². The van der Waals surface area contributed by atoms with Crippen molar-refractivity contribution in [3.05, 3.63) is 34.9 Å². The normalized spacial score (nSPS) is 36.6. The third-order valence-corrected chi connectivity index (χ3v) is 8.13. The molecule has 0 unspecified atom stereocenters. The first-order chi connectivity index (χ1) is 13.4. The van der Waals surface area contributed by atoms with Gasteiger partial charge in [-0.2, -0.15) is 0 Å². The standard InChI is InChI=1S/C25H33NO2/c1-16-5-17(2)7-18(6-16)11-22-12-23(27)26(24(22)28)4-3-25-13-19-8-20(14-25)10-21(9-19)15-25/h5-7,19-22H,3-4,8-15H2,1-2H3/t19?,20?,21?,22-,25?/m0/s1. The SMILES string of the molecule is Cc1cc(C)cc(C[C@H]2CC(=O)N(CCC34CC5CC(CC(C5)C3)C4)C2=O)c1. The summed E-state index contributed by atoms with van der Waals surface area (Å²) < 4.78 is 0. The minimum atomic E-state index is -0.162. The minimum Gasteiger partial charge on any atom is -0.282 e. The molecule has 0 spiro atoms. The van der Waals surface area contributed by atoms with E-state index >= 15 is 0 Å². The monoisotopic (exact) mass is 379 g/mol. The van der Waals surface area contributed by atoms with Crippen LogP contribution in [0.1, 0.15) is 68.1 Å². The number of likely N-dealkylation sites (tertiary alicyclic amines) is 1. The van der Waals surface area contributed by atoms with E-state index in [0.717, 1.165) is 24.2 Å². The lowest BCUT2D eigenvalue weighted by atomic mass is 9.49. The van der Waals surface area contributed by atoms with Crippen LogP contribution in [0.2, 0.25) is 0 Å². The predicted molar refractivity (Wildman–Crippen MR) is 110 cm³/mol. The fourth-order valence-electron chi connectivity index (χ4n) is 7.56. The Morgan fingerprint density at radius 3 is 2.07 bits per heavy atom. The summed E-state index contributed by atoms with van der Waals surface area (Å²) >= 11 is 0. The first kappa shape index (κ1) is 18.4. The van der Waals surface area contributed by atoms with E-state index < -0.39 is 0 Å². The van der Waals surface area contributed by atoms with Crippen molar-refractivity contribution in [2.45, 2.75) is 71.6 Å². The van der Waals surface area contributed by atoms with Crippen LogP contribution in [-0.2, 0) is 16.0 Å². The number of imide groups is 1. The molecule has 1 aromatic rings. The van der Waals surface area contributed by atoms with E-state index in [4.69, 9.17) is 0 Å². The molecule has 2 amide bonds. The minimum absolute atomic E-state index is 0.0594. The van der Waals surface area contributed by atoms with Crippen LogP contribution in [0.3, 0.4) is 0 Å². The lowest BCUT2D eigenvalue weighted by molar-refractivity contribution is -0.140. The van der Waals surface area contributed by atoms with Crippen LogP contribution in [0.25, 0.3) is 0 Å². The predicted octanol–water partition coefficient (Wildman–Crippen LogP) is 4.83. The molecule has 150 valence electrons. The third kappa shape index (κ3) is 3.31. The lowest BCUT2D eigenvalue weighted by Crippen LogP contribution is -2.47. The first-order valence-electron chi connectivity index (χ1n) is 11.3. The topological polar surface area (TPSA) is 37.4 Å². The number of carbonyl (C=O) groups excluding carboxylic acids is 2. The van der Waals surface area contributed by atoms with E-state index in [1.165, 1.54) is 55.2 Å². The fourth-order valence-corrected chi connectivity index (χ4v) is 7.56. The van der Waals surface area contributed by atoms with Gasteiger partial charge in [0.25, 0.3) is 0 Å².